The first kappa shape index (κ1) is 12.3. The van der Waals surface area contributed by atoms with Gasteiger partial charge in [0.15, 0.2) is 0 Å². The van der Waals surface area contributed by atoms with Crippen LogP contribution in [0.1, 0.15) is 10.4 Å². The van der Waals surface area contributed by atoms with Crippen molar-refractivity contribution in [2.45, 2.75) is 0 Å². The number of halogens is 1. The van der Waals surface area contributed by atoms with Crippen LogP contribution in [0.4, 0.5) is 0 Å². The monoisotopic (exact) mass is 262 g/mol. The van der Waals surface area contributed by atoms with Gasteiger partial charge in [-0.1, -0.05) is 18.2 Å². The van der Waals surface area contributed by atoms with Crippen LogP contribution in [0.2, 0.25) is 5.02 Å². The van der Waals surface area contributed by atoms with Crippen molar-refractivity contribution in [3.05, 3.63) is 65.1 Å². The molecular weight excluding hydrogens is 252 g/mol. The van der Waals surface area contributed by atoms with E-state index < -0.39 is 5.91 Å². The van der Waals surface area contributed by atoms with E-state index in [4.69, 9.17) is 11.6 Å². The minimum atomic E-state index is -0.430. The third kappa shape index (κ3) is 2.73. The third-order valence-corrected chi connectivity index (χ3v) is 2.56. The topological polar surface area (TPSA) is 61.4 Å². The summed E-state index contributed by atoms with van der Waals surface area (Å²) in [6.45, 7) is 3.72. The van der Waals surface area contributed by atoms with Gasteiger partial charge in [0.2, 0.25) is 0 Å². The first-order valence-electron chi connectivity index (χ1n) is 5.20. The number of hydrogen-bond donors (Lipinski definition) is 3. The van der Waals surface area contributed by atoms with Gasteiger partial charge in [0.1, 0.15) is 5.75 Å². The molecule has 0 aromatic heterocycles. The number of carbonyl (C=O) groups excluding carboxylic acids is 1. The zero-order chi connectivity index (χ0) is 13.1. The van der Waals surface area contributed by atoms with Gasteiger partial charge in [0.25, 0.3) is 5.91 Å². The summed E-state index contributed by atoms with van der Waals surface area (Å²) in [7, 11) is 0. The Hall–Kier alpha value is -2.20. The number of phenolic OH excluding ortho intramolecular Hbond substituents is 1. The molecule has 1 aliphatic heterocycles. The average Bonchev–Trinajstić information content (AvgIpc) is 2.32. The molecule has 3 N–H and O–H groups in total. The van der Waals surface area contributed by atoms with Gasteiger partial charge in [0, 0.05) is 22.6 Å². The lowest BCUT2D eigenvalue weighted by Crippen LogP contribution is -2.24. The van der Waals surface area contributed by atoms with Crippen molar-refractivity contribution < 1.29 is 9.90 Å². The second kappa shape index (κ2) is 4.98. The summed E-state index contributed by atoms with van der Waals surface area (Å²) < 4.78 is 0. The molecule has 1 aromatic carbocycles. The first-order chi connectivity index (χ1) is 8.56. The fourth-order valence-electron chi connectivity index (χ4n) is 1.48. The number of carbonyl (C=O) groups is 1. The predicted octanol–water partition coefficient (Wildman–Crippen LogP) is 2.29. The number of hydrogen-bond acceptors (Lipinski definition) is 3. The predicted molar refractivity (Wildman–Crippen MR) is 70.1 cm³/mol. The van der Waals surface area contributed by atoms with Crippen LogP contribution in [-0.4, -0.2) is 11.0 Å². The minimum absolute atomic E-state index is 0.116. The highest BCUT2D eigenvalue weighted by molar-refractivity contribution is 6.31. The van der Waals surface area contributed by atoms with Crippen molar-refractivity contribution >= 4 is 17.5 Å². The Kier molecular flexibility index (Phi) is 3.39. The van der Waals surface area contributed by atoms with E-state index >= 15 is 0 Å². The van der Waals surface area contributed by atoms with E-state index in [9.17, 15) is 9.90 Å². The molecule has 0 atom stereocenters. The maximum Gasteiger partial charge on any atom is 0.259 e. The molecule has 0 bridgehead atoms. The Morgan fingerprint density at radius 3 is 2.94 bits per heavy atom. The Labute approximate surface area is 109 Å². The van der Waals surface area contributed by atoms with Gasteiger partial charge in [-0.2, -0.15) is 0 Å². The number of rotatable bonds is 2. The molecule has 1 heterocycles. The van der Waals surface area contributed by atoms with Crippen LogP contribution in [0.3, 0.4) is 0 Å². The zero-order valence-electron chi connectivity index (χ0n) is 9.40. The molecule has 0 saturated carbocycles. The quantitative estimate of drug-likeness (QED) is 0.766. The van der Waals surface area contributed by atoms with E-state index in [1.165, 1.54) is 18.2 Å². The second-order valence-corrected chi connectivity index (χ2v) is 4.15. The normalized spacial score (nSPS) is 13.8. The molecule has 1 aromatic rings. The van der Waals surface area contributed by atoms with Crippen molar-refractivity contribution in [2.75, 3.05) is 0 Å². The van der Waals surface area contributed by atoms with Crippen molar-refractivity contribution in [3.63, 3.8) is 0 Å². The molecule has 5 heteroatoms. The third-order valence-electron chi connectivity index (χ3n) is 2.32. The standard InChI is InChI=1S/C13H11ClN2O2/c1-8-6-10(4-5-15-8)16-13(18)11-7-9(14)2-3-12(11)17/h2-7,15,17H,1H2,(H,16,18). The van der Waals surface area contributed by atoms with Gasteiger partial charge < -0.3 is 15.7 Å². The van der Waals surface area contributed by atoms with E-state index in [1.807, 2.05) is 0 Å². The SMILES string of the molecule is C=C1C=C(NC(=O)c2cc(Cl)ccc2O)C=CN1. The summed E-state index contributed by atoms with van der Waals surface area (Å²) in [6.07, 6.45) is 5.03. The van der Waals surface area contributed by atoms with Crippen LogP contribution in [0.15, 0.2) is 54.5 Å². The summed E-state index contributed by atoms with van der Waals surface area (Å²) in [5, 5.41) is 15.5. The number of allylic oxidation sites excluding steroid dienone is 2. The molecule has 0 radical (unpaired) electrons. The Balaban J connectivity index is 2.20. The van der Waals surface area contributed by atoms with Crippen LogP contribution >= 0.6 is 11.6 Å². The van der Waals surface area contributed by atoms with E-state index in [0.29, 0.717) is 16.4 Å². The number of dihydropyridines is 1. The number of aromatic hydroxyl groups is 1. The molecule has 1 amide bonds. The van der Waals surface area contributed by atoms with Gasteiger partial charge in [-0.3, -0.25) is 4.79 Å². The zero-order valence-corrected chi connectivity index (χ0v) is 10.2. The molecule has 4 nitrogen and oxygen atoms in total. The average molecular weight is 263 g/mol. The first-order valence-corrected chi connectivity index (χ1v) is 5.57. The maximum atomic E-state index is 11.9. The second-order valence-electron chi connectivity index (χ2n) is 3.72. The van der Waals surface area contributed by atoms with E-state index in [-0.39, 0.29) is 11.3 Å². The van der Waals surface area contributed by atoms with E-state index in [2.05, 4.69) is 17.2 Å². The molecule has 0 aliphatic carbocycles. The fourth-order valence-corrected chi connectivity index (χ4v) is 1.65. The molecule has 0 saturated heterocycles. The van der Waals surface area contributed by atoms with Crippen molar-refractivity contribution in [1.29, 1.82) is 0 Å². The van der Waals surface area contributed by atoms with Gasteiger partial charge >= 0.3 is 0 Å². The number of benzene rings is 1. The largest absolute Gasteiger partial charge is 0.507 e. The van der Waals surface area contributed by atoms with Gasteiger partial charge in [-0.15, -0.1) is 0 Å². The number of nitrogens with one attached hydrogen (secondary N) is 2. The molecular formula is C13H11ClN2O2. The molecule has 0 spiro atoms. The lowest BCUT2D eigenvalue weighted by molar-refractivity contribution is 0.0964. The molecule has 92 valence electrons. The van der Waals surface area contributed by atoms with Crippen molar-refractivity contribution in [3.8, 4) is 5.75 Å². The number of amides is 1. The van der Waals surface area contributed by atoms with E-state index in [1.54, 1.807) is 18.4 Å². The highest BCUT2D eigenvalue weighted by Gasteiger charge is 2.13. The van der Waals surface area contributed by atoms with Crippen LogP contribution < -0.4 is 10.6 Å². The number of phenols is 1. The van der Waals surface area contributed by atoms with Crippen LogP contribution in [0.25, 0.3) is 0 Å². The minimum Gasteiger partial charge on any atom is -0.507 e. The van der Waals surface area contributed by atoms with Gasteiger partial charge in [0.05, 0.1) is 5.56 Å². The van der Waals surface area contributed by atoms with E-state index in [0.717, 1.165) is 0 Å². The fraction of sp³-hybridized carbons (Fsp3) is 0. The lowest BCUT2D eigenvalue weighted by Gasteiger charge is -2.12. The molecule has 2 rings (SSSR count). The van der Waals surface area contributed by atoms with Crippen molar-refractivity contribution in [2.24, 2.45) is 0 Å². The molecule has 0 unspecified atom stereocenters. The highest BCUT2D eigenvalue weighted by Crippen LogP contribution is 2.21. The highest BCUT2D eigenvalue weighted by atomic mass is 35.5. The molecule has 0 fully saturated rings. The lowest BCUT2D eigenvalue weighted by atomic mass is 10.1. The smallest absolute Gasteiger partial charge is 0.259 e. The molecule has 18 heavy (non-hydrogen) atoms. The summed E-state index contributed by atoms with van der Waals surface area (Å²) in [5.74, 6) is -0.546. The Morgan fingerprint density at radius 1 is 1.44 bits per heavy atom. The van der Waals surface area contributed by atoms with Crippen LogP contribution in [0, 0.1) is 0 Å². The van der Waals surface area contributed by atoms with Crippen LogP contribution in [-0.2, 0) is 0 Å². The Morgan fingerprint density at radius 2 is 2.22 bits per heavy atom. The Bertz CT molecular complexity index is 576. The summed E-state index contributed by atoms with van der Waals surface area (Å²) >= 11 is 5.78. The summed E-state index contributed by atoms with van der Waals surface area (Å²) in [6, 6.07) is 4.30. The summed E-state index contributed by atoms with van der Waals surface area (Å²) in [4.78, 5) is 11.9. The van der Waals surface area contributed by atoms with Gasteiger partial charge in [-0.05, 0) is 30.4 Å². The van der Waals surface area contributed by atoms with Crippen molar-refractivity contribution in [1.82, 2.24) is 10.6 Å². The summed E-state index contributed by atoms with van der Waals surface area (Å²) in [5.41, 5.74) is 1.38. The molecule has 1 aliphatic rings. The maximum absolute atomic E-state index is 11.9. The van der Waals surface area contributed by atoms with Crippen LogP contribution in [0.5, 0.6) is 5.75 Å². The van der Waals surface area contributed by atoms with Gasteiger partial charge in [-0.25, -0.2) is 0 Å².